The summed E-state index contributed by atoms with van der Waals surface area (Å²) in [5.74, 6) is 1.19. The van der Waals surface area contributed by atoms with Gasteiger partial charge in [-0.2, -0.15) is 11.8 Å². The van der Waals surface area contributed by atoms with Crippen molar-refractivity contribution in [3.8, 4) is 0 Å². The summed E-state index contributed by atoms with van der Waals surface area (Å²) in [6, 6.07) is 9.41. The van der Waals surface area contributed by atoms with E-state index in [2.05, 4.69) is 69.2 Å². The fraction of sp³-hybridized carbons (Fsp3) is 0.600. The number of rotatable bonds is 7. The van der Waals surface area contributed by atoms with Crippen molar-refractivity contribution in [2.45, 2.75) is 44.9 Å². The Bertz CT molecular complexity index is 324. The summed E-state index contributed by atoms with van der Waals surface area (Å²) in [4.78, 5) is 0. The van der Waals surface area contributed by atoms with Crippen LogP contribution < -0.4 is 5.32 Å². The smallest absolute Gasteiger partial charge is 0.0195 e. The zero-order valence-corrected chi connectivity index (χ0v) is 12.3. The van der Waals surface area contributed by atoms with Crippen LogP contribution in [0.3, 0.4) is 0 Å². The summed E-state index contributed by atoms with van der Waals surface area (Å²) in [5, 5.41) is 4.20. The Morgan fingerprint density at radius 2 is 2.12 bits per heavy atom. The lowest BCUT2D eigenvalue weighted by Gasteiger charge is -2.18. The topological polar surface area (TPSA) is 12.0 Å². The molecule has 0 saturated heterocycles. The summed E-state index contributed by atoms with van der Waals surface area (Å²) < 4.78 is 0. The number of benzene rings is 1. The van der Waals surface area contributed by atoms with Crippen LogP contribution in [0.5, 0.6) is 0 Å². The molecule has 0 aliphatic rings. The van der Waals surface area contributed by atoms with Crippen LogP contribution in [0.15, 0.2) is 24.3 Å². The second kappa shape index (κ2) is 7.78. The SMILES string of the molecule is CCC(C)SCC(Cc1cccc(C)c1)NC. The van der Waals surface area contributed by atoms with E-state index >= 15 is 0 Å². The van der Waals surface area contributed by atoms with Crippen LogP contribution in [0.25, 0.3) is 0 Å². The van der Waals surface area contributed by atoms with Crippen LogP contribution in [0.1, 0.15) is 31.4 Å². The summed E-state index contributed by atoms with van der Waals surface area (Å²) in [6.07, 6.45) is 2.38. The van der Waals surface area contributed by atoms with Crippen molar-refractivity contribution in [3.63, 3.8) is 0 Å². The average molecular weight is 251 g/mol. The summed E-state index contributed by atoms with van der Waals surface area (Å²) in [7, 11) is 2.07. The van der Waals surface area contributed by atoms with Gasteiger partial charge in [0.1, 0.15) is 0 Å². The maximum Gasteiger partial charge on any atom is 0.0195 e. The third-order valence-corrected chi connectivity index (χ3v) is 4.63. The zero-order valence-electron chi connectivity index (χ0n) is 11.5. The molecule has 1 nitrogen and oxygen atoms in total. The van der Waals surface area contributed by atoms with Crippen molar-refractivity contribution >= 4 is 11.8 Å². The molecular weight excluding hydrogens is 226 g/mol. The van der Waals surface area contributed by atoms with Crippen molar-refractivity contribution in [1.29, 1.82) is 0 Å². The highest BCUT2D eigenvalue weighted by Crippen LogP contribution is 2.16. The first-order valence-electron chi connectivity index (χ1n) is 6.50. The van der Waals surface area contributed by atoms with E-state index in [1.165, 1.54) is 23.3 Å². The van der Waals surface area contributed by atoms with E-state index < -0.39 is 0 Å². The Labute approximate surface area is 110 Å². The molecule has 0 spiro atoms. The van der Waals surface area contributed by atoms with Crippen LogP contribution in [0, 0.1) is 6.92 Å². The van der Waals surface area contributed by atoms with Gasteiger partial charge in [-0.05, 0) is 32.4 Å². The van der Waals surface area contributed by atoms with Crippen LogP contribution in [0.4, 0.5) is 0 Å². The third kappa shape index (κ3) is 5.60. The van der Waals surface area contributed by atoms with Gasteiger partial charge in [0, 0.05) is 17.0 Å². The number of hydrogen-bond acceptors (Lipinski definition) is 2. The molecule has 1 aromatic rings. The molecule has 0 aromatic heterocycles. The van der Waals surface area contributed by atoms with Gasteiger partial charge >= 0.3 is 0 Å². The highest BCUT2D eigenvalue weighted by molar-refractivity contribution is 7.99. The first kappa shape index (κ1) is 14.6. The lowest BCUT2D eigenvalue weighted by atomic mass is 10.1. The molecule has 0 radical (unpaired) electrons. The lowest BCUT2D eigenvalue weighted by molar-refractivity contribution is 0.615. The van der Waals surface area contributed by atoms with Gasteiger partial charge in [0.25, 0.3) is 0 Å². The minimum Gasteiger partial charge on any atom is -0.316 e. The van der Waals surface area contributed by atoms with Gasteiger partial charge < -0.3 is 5.32 Å². The summed E-state index contributed by atoms with van der Waals surface area (Å²) in [6.45, 7) is 6.72. The van der Waals surface area contributed by atoms with Crippen molar-refractivity contribution in [1.82, 2.24) is 5.32 Å². The molecule has 17 heavy (non-hydrogen) atoms. The van der Waals surface area contributed by atoms with Crippen LogP contribution in [-0.4, -0.2) is 24.1 Å². The lowest BCUT2D eigenvalue weighted by Crippen LogP contribution is -2.30. The van der Waals surface area contributed by atoms with Gasteiger partial charge in [0.15, 0.2) is 0 Å². The van der Waals surface area contributed by atoms with Gasteiger partial charge in [0.05, 0.1) is 0 Å². The van der Waals surface area contributed by atoms with Gasteiger partial charge in [-0.25, -0.2) is 0 Å². The molecule has 1 N–H and O–H groups in total. The molecule has 96 valence electrons. The van der Waals surface area contributed by atoms with Crippen LogP contribution >= 0.6 is 11.8 Å². The molecule has 1 rings (SSSR count). The fourth-order valence-electron chi connectivity index (χ4n) is 1.77. The highest BCUT2D eigenvalue weighted by atomic mass is 32.2. The van der Waals surface area contributed by atoms with E-state index in [9.17, 15) is 0 Å². The van der Waals surface area contributed by atoms with E-state index in [0.29, 0.717) is 6.04 Å². The second-order valence-electron chi connectivity index (χ2n) is 4.73. The first-order valence-corrected chi connectivity index (χ1v) is 7.55. The minimum atomic E-state index is 0.579. The van der Waals surface area contributed by atoms with E-state index in [4.69, 9.17) is 0 Å². The second-order valence-corrected chi connectivity index (χ2v) is 6.20. The Kier molecular flexibility index (Phi) is 6.68. The molecule has 2 unspecified atom stereocenters. The normalized spacial score (nSPS) is 14.6. The molecule has 0 fully saturated rings. The quantitative estimate of drug-likeness (QED) is 0.794. The molecule has 2 heteroatoms. The molecule has 0 heterocycles. The molecule has 0 aliphatic heterocycles. The highest BCUT2D eigenvalue weighted by Gasteiger charge is 2.09. The summed E-state index contributed by atoms with van der Waals surface area (Å²) >= 11 is 2.07. The Hall–Kier alpha value is -0.470. The molecule has 2 atom stereocenters. The molecule has 0 amide bonds. The number of aryl methyl sites for hydroxylation is 1. The van der Waals surface area contributed by atoms with E-state index in [1.807, 2.05) is 0 Å². The number of likely N-dealkylation sites (N-methyl/N-ethyl adjacent to an activating group) is 1. The van der Waals surface area contributed by atoms with E-state index in [0.717, 1.165) is 11.7 Å². The number of hydrogen-bond donors (Lipinski definition) is 1. The van der Waals surface area contributed by atoms with Crippen molar-refractivity contribution < 1.29 is 0 Å². The molecular formula is C15H25NS. The van der Waals surface area contributed by atoms with Gasteiger partial charge in [-0.15, -0.1) is 0 Å². The van der Waals surface area contributed by atoms with E-state index in [-0.39, 0.29) is 0 Å². The van der Waals surface area contributed by atoms with Gasteiger partial charge in [-0.3, -0.25) is 0 Å². The van der Waals surface area contributed by atoms with Crippen molar-refractivity contribution in [2.24, 2.45) is 0 Å². The van der Waals surface area contributed by atoms with Crippen LogP contribution in [-0.2, 0) is 6.42 Å². The maximum absolute atomic E-state index is 3.43. The first-order chi connectivity index (χ1) is 8.15. The predicted octanol–water partition coefficient (Wildman–Crippen LogP) is 3.66. The molecule has 0 aliphatic carbocycles. The van der Waals surface area contributed by atoms with Gasteiger partial charge in [-0.1, -0.05) is 43.7 Å². The van der Waals surface area contributed by atoms with Gasteiger partial charge in [0.2, 0.25) is 0 Å². The number of thioether (sulfide) groups is 1. The van der Waals surface area contributed by atoms with Crippen molar-refractivity contribution in [2.75, 3.05) is 12.8 Å². The average Bonchev–Trinajstić information content (AvgIpc) is 2.34. The molecule has 1 aromatic carbocycles. The standard InChI is InChI=1S/C15H25NS/c1-5-13(3)17-11-15(16-4)10-14-8-6-7-12(2)9-14/h6-9,13,15-16H,5,10-11H2,1-4H3. The summed E-state index contributed by atoms with van der Waals surface area (Å²) in [5.41, 5.74) is 2.79. The Balaban J connectivity index is 2.46. The largest absolute Gasteiger partial charge is 0.316 e. The van der Waals surface area contributed by atoms with Crippen LogP contribution in [0.2, 0.25) is 0 Å². The maximum atomic E-state index is 3.43. The number of nitrogens with one attached hydrogen (secondary N) is 1. The van der Waals surface area contributed by atoms with Crippen molar-refractivity contribution in [3.05, 3.63) is 35.4 Å². The molecule has 0 saturated carbocycles. The minimum absolute atomic E-state index is 0.579. The zero-order chi connectivity index (χ0) is 12.7. The Morgan fingerprint density at radius 1 is 1.35 bits per heavy atom. The monoisotopic (exact) mass is 251 g/mol. The van der Waals surface area contributed by atoms with E-state index in [1.54, 1.807) is 0 Å². The third-order valence-electron chi connectivity index (χ3n) is 3.13. The molecule has 0 bridgehead atoms. The predicted molar refractivity (Wildman–Crippen MR) is 79.9 cm³/mol. The Morgan fingerprint density at radius 3 is 2.71 bits per heavy atom. The fourth-order valence-corrected chi connectivity index (χ4v) is 2.85.